The molecule has 2 rings (SSSR count). The Labute approximate surface area is 131 Å². The van der Waals surface area contributed by atoms with Crippen LogP contribution in [0.25, 0.3) is 0 Å². The highest BCUT2D eigenvalue weighted by molar-refractivity contribution is 7.99. The summed E-state index contributed by atoms with van der Waals surface area (Å²) < 4.78 is 14.1. The summed E-state index contributed by atoms with van der Waals surface area (Å²) in [4.78, 5) is 2.16. The maximum absolute atomic E-state index is 14.1. The molecule has 0 atom stereocenters. The molecular weight excluding hydrogens is 281 g/mol. The third-order valence-corrected chi connectivity index (χ3v) is 4.52. The van der Waals surface area contributed by atoms with Crippen LogP contribution in [0.1, 0.15) is 25.0 Å². The van der Waals surface area contributed by atoms with Gasteiger partial charge in [0.1, 0.15) is 5.82 Å². The standard InChI is InChI=1S/C18H22FNS/c1-13(2)11-20-12-15-16(19)8-6-10-18(15)21-17-9-5-4-7-14(17)3/h4-10,13,20H,11-12H2,1-3H3. The average Bonchev–Trinajstić information content (AvgIpc) is 2.44. The number of aryl methyl sites for hydroxylation is 1. The van der Waals surface area contributed by atoms with Crippen molar-refractivity contribution >= 4 is 11.8 Å². The Kier molecular flexibility index (Phi) is 5.83. The van der Waals surface area contributed by atoms with Gasteiger partial charge >= 0.3 is 0 Å². The van der Waals surface area contributed by atoms with E-state index in [-0.39, 0.29) is 5.82 Å². The number of benzene rings is 2. The first kappa shape index (κ1) is 16.1. The Morgan fingerprint density at radius 2 is 1.76 bits per heavy atom. The second-order valence-corrected chi connectivity index (χ2v) is 6.69. The van der Waals surface area contributed by atoms with Crippen molar-refractivity contribution in [1.82, 2.24) is 5.32 Å². The number of rotatable bonds is 6. The predicted molar refractivity (Wildman–Crippen MR) is 88.2 cm³/mol. The van der Waals surface area contributed by atoms with E-state index < -0.39 is 0 Å². The first-order valence-corrected chi connectivity index (χ1v) is 8.11. The Hall–Kier alpha value is -1.32. The van der Waals surface area contributed by atoms with Gasteiger partial charge in [0, 0.05) is 21.9 Å². The summed E-state index contributed by atoms with van der Waals surface area (Å²) in [6, 6.07) is 13.5. The highest BCUT2D eigenvalue weighted by Gasteiger charge is 2.10. The summed E-state index contributed by atoms with van der Waals surface area (Å²) in [6.07, 6.45) is 0. The predicted octanol–water partition coefficient (Wildman–Crippen LogP) is 5.03. The average molecular weight is 303 g/mol. The molecule has 0 bridgehead atoms. The van der Waals surface area contributed by atoms with Crippen LogP contribution in [0, 0.1) is 18.7 Å². The smallest absolute Gasteiger partial charge is 0.128 e. The summed E-state index contributed by atoms with van der Waals surface area (Å²) in [7, 11) is 0. The van der Waals surface area contributed by atoms with Crippen LogP contribution in [0.15, 0.2) is 52.3 Å². The van der Waals surface area contributed by atoms with Gasteiger partial charge in [0.25, 0.3) is 0 Å². The van der Waals surface area contributed by atoms with Gasteiger partial charge < -0.3 is 5.32 Å². The highest BCUT2D eigenvalue weighted by atomic mass is 32.2. The van der Waals surface area contributed by atoms with Crippen molar-refractivity contribution in [2.45, 2.75) is 37.1 Å². The third-order valence-electron chi connectivity index (χ3n) is 3.24. The van der Waals surface area contributed by atoms with Gasteiger partial charge in [-0.3, -0.25) is 0 Å². The van der Waals surface area contributed by atoms with E-state index in [1.54, 1.807) is 17.8 Å². The first-order valence-electron chi connectivity index (χ1n) is 7.29. The summed E-state index contributed by atoms with van der Waals surface area (Å²) in [5.74, 6) is 0.425. The fourth-order valence-corrected chi connectivity index (χ4v) is 3.13. The fourth-order valence-electron chi connectivity index (χ4n) is 2.08. The highest BCUT2D eigenvalue weighted by Crippen LogP contribution is 2.33. The number of halogens is 1. The number of nitrogens with one attached hydrogen (secondary N) is 1. The Balaban J connectivity index is 2.19. The van der Waals surface area contributed by atoms with Crippen LogP contribution in [-0.2, 0) is 6.54 Å². The summed E-state index contributed by atoms with van der Waals surface area (Å²) in [5, 5.41) is 3.33. The van der Waals surface area contributed by atoms with Crippen molar-refractivity contribution in [2.24, 2.45) is 5.92 Å². The van der Waals surface area contributed by atoms with Crippen molar-refractivity contribution in [3.05, 3.63) is 59.4 Å². The van der Waals surface area contributed by atoms with Crippen LogP contribution in [0.3, 0.4) is 0 Å². The molecule has 0 aromatic heterocycles. The van der Waals surface area contributed by atoms with Crippen LogP contribution in [-0.4, -0.2) is 6.54 Å². The van der Waals surface area contributed by atoms with E-state index in [1.165, 1.54) is 16.5 Å². The molecule has 0 aliphatic carbocycles. The monoisotopic (exact) mass is 303 g/mol. The molecule has 0 saturated carbocycles. The molecule has 21 heavy (non-hydrogen) atoms. The molecule has 0 fully saturated rings. The van der Waals surface area contributed by atoms with Gasteiger partial charge in [-0.2, -0.15) is 0 Å². The van der Waals surface area contributed by atoms with Crippen LogP contribution in [0.2, 0.25) is 0 Å². The molecule has 3 heteroatoms. The molecule has 0 spiro atoms. The summed E-state index contributed by atoms with van der Waals surface area (Å²) >= 11 is 1.63. The normalized spacial score (nSPS) is 11.1. The van der Waals surface area contributed by atoms with Gasteiger partial charge in [-0.1, -0.05) is 49.9 Å². The molecule has 0 aliphatic rings. The van der Waals surface area contributed by atoms with E-state index in [0.717, 1.165) is 17.0 Å². The molecule has 2 aromatic carbocycles. The molecule has 2 aromatic rings. The lowest BCUT2D eigenvalue weighted by molar-refractivity contribution is 0.530. The van der Waals surface area contributed by atoms with Crippen molar-refractivity contribution in [3.63, 3.8) is 0 Å². The lowest BCUT2D eigenvalue weighted by Crippen LogP contribution is -2.20. The topological polar surface area (TPSA) is 12.0 Å². The molecule has 0 radical (unpaired) electrons. The molecular formula is C18H22FNS. The third kappa shape index (κ3) is 4.58. The van der Waals surface area contributed by atoms with Gasteiger partial charge in [-0.25, -0.2) is 4.39 Å². The largest absolute Gasteiger partial charge is 0.312 e. The van der Waals surface area contributed by atoms with Crippen molar-refractivity contribution in [1.29, 1.82) is 0 Å². The van der Waals surface area contributed by atoms with Crippen molar-refractivity contribution in [2.75, 3.05) is 6.54 Å². The maximum Gasteiger partial charge on any atom is 0.128 e. The number of hydrogen-bond acceptors (Lipinski definition) is 2. The van der Waals surface area contributed by atoms with Crippen LogP contribution >= 0.6 is 11.8 Å². The van der Waals surface area contributed by atoms with E-state index >= 15 is 0 Å². The Morgan fingerprint density at radius 1 is 1.05 bits per heavy atom. The van der Waals surface area contributed by atoms with E-state index in [9.17, 15) is 4.39 Å². The molecule has 0 heterocycles. The van der Waals surface area contributed by atoms with Crippen LogP contribution < -0.4 is 5.32 Å². The van der Waals surface area contributed by atoms with Crippen molar-refractivity contribution in [3.8, 4) is 0 Å². The second-order valence-electron chi connectivity index (χ2n) is 5.61. The van der Waals surface area contributed by atoms with Crippen LogP contribution in [0.5, 0.6) is 0 Å². The first-order chi connectivity index (χ1) is 10.1. The lowest BCUT2D eigenvalue weighted by Gasteiger charge is -2.13. The van der Waals surface area contributed by atoms with Gasteiger partial charge in [0.05, 0.1) is 0 Å². The molecule has 112 valence electrons. The molecule has 1 nitrogen and oxygen atoms in total. The van der Waals surface area contributed by atoms with Crippen LogP contribution in [0.4, 0.5) is 4.39 Å². The second kappa shape index (κ2) is 7.62. The zero-order valence-corrected chi connectivity index (χ0v) is 13.6. The zero-order valence-electron chi connectivity index (χ0n) is 12.8. The lowest BCUT2D eigenvalue weighted by atomic mass is 10.2. The Morgan fingerprint density at radius 3 is 2.48 bits per heavy atom. The minimum atomic E-state index is -0.134. The minimum Gasteiger partial charge on any atom is -0.312 e. The maximum atomic E-state index is 14.1. The molecule has 0 aliphatic heterocycles. The minimum absolute atomic E-state index is 0.134. The fraction of sp³-hybridized carbons (Fsp3) is 0.333. The zero-order chi connectivity index (χ0) is 15.2. The summed E-state index contributed by atoms with van der Waals surface area (Å²) in [5.41, 5.74) is 1.97. The number of hydrogen-bond donors (Lipinski definition) is 1. The summed E-state index contributed by atoms with van der Waals surface area (Å²) in [6.45, 7) is 7.84. The van der Waals surface area contributed by atoms with E-state index in [4.69, 9.17) is 0 Å². The quantitative estimate of drug-likeness (QED) is 0.803. The van der Waals surface area contributed by atoms with E-state index in [2.05, 4.69) is 38.2 Å². The van der Waals surface area contributed by atoms with E-state index in [0.29, 0.717) is 12.5 Å². The van der Waals surface area contributed by atoms with Gasteiger partial charge in [-0.15, -0.1) is 0 Å². The Bertz CT molecular complexity index is 596. The molecule has 0 saturated heterocycles. The van der Waals surface area contributed by atoms with Crippen molar-refractivity contribution < 1.29 is 4.39 Å². The molecule has 0 unspecified atom stereocenters. The van der Waals surface area contributed by atoms with Gasteiger partial charge in [0.15, 0.2) is 0 Å². The van der Waals surface area contributed by atoms with Gasteiger partial charge in [0.2, 0.25) is 0 Å². The molecule has 1 N–H and O–H groups in total. The van der Waals surface area contributed by atoms with Gasteiger partial charge in [-0.05, 0) is 43.1 Å². The molecule has 0 amide bonds. The SMILES string of the molecule is Cc1ccccc1Sc1cccc(F)c1CNCC(C)C. The van der Waals surface area contributed by atoms with E-state index in [1.807, 2.05) is 18.2 Å².